The van der Waals surface area contributed by atoms with Crippen molar-refractivity contribution in [2.24, 2.45) is 7.05 Å². The number of nitrogens with one attached hydrogen (secondary N) is 1. The van der Waals surface area contributed by atoms with Gasteiger partial charge in [0.05, 0.1) is 18.8 Å². The minimum atomic E-state index is -0.600. The molecule has 2 aromatic rings. The number of hydrogen-bond acceptors (Lipinski definition) is 7. The molecule has 0 aliphatic heterocycles. The Morgan fingerprint density at radius 3 is 2.38 bits per heavy atom. The van der Waals surface area contributed by atoms with E-state index in [-0.39, 0.29) is 24.6 Å². The molecule has 0 saturated heterocycles. The largest absolute Gasteiger partial charge is 0.462 e. The van der Waals surface area contributed by atoms with Gasteiger partial charge in [0.15, 0.2) is 5.69 Å². The summed E-state index contributed by atoms with van der Waals surface area (Å²) in [6.45, 7) is 7.53. The molecule has 8 nitrogen and oxygen atoms in total. The van der Waals surface area contributed by atoms with Crippen LogP contribution in [0.1, 0.15) is 55.6 Å². The first-order chi connectivity index (χ1) is 12.3. The minimum absolute atomic E-state index is 0.0451. The van der Waals surface area contributed by atoms with Crippen molar-refractivity contribution < 1.29 is 23.9 Å². The molecule has 9 heteroatoms. The third kappa shape index (κ3) is 3.93. The highest BCUT2D eigenvalue weighted by Gasteiger charge is 2.24. The third-order valence-corrected chi connectivity index (χ3v) is 4.81. The molecule has 0 aliphatic rings. The molecule has 0 atom stereocenters. The summed E-state index contributed by atoms with van der Waals surface area (Å²) in [5.41, 5.74) is 1.33. The second-order valence-electron chi connectivity index (χ2n) is 5.42. The number of amides is 1. The lowest BCUT2D eigenvalue weighted by atomic mass is 10.1. The van der Waals surface area contributed by atoms with E-state index in [1.54, 1.807) is 27.8 Å². The second-order valence-corrected chi connectivity index (χ2v) is 6.65. The highest BCUT2D eigenvalue weighted by Crippen LogP contribution is 2.33. The zero-order valence-corrected chi connectivity index (χ0v) is 16.2. The maximum absolute atomic E-state index is 12.6. The van der Waals surface area contributed by atoms with Crippen molar-refractivity contribution in [3.63, 3.8) is 0 Å². The molecule has 2 rings (SSSR count). The average Bonchev–Trinajstić information content (AvgIpc) is 3.09. The fraction of sp³-hybridized carbons (Fsp3) is 0.412. The standard InChI is InChI=1S/C17H21N3O5S/c1-6-24-16(22)11-8-12(20(5)19-11)14(21)18-15-13(17(23)25-7-2)9(3)10(4)26-15/h8H,6-7H2,1-5H3,(H,18,21). The molecule has 0 aliphatic carbocycles. The van der Waals surface area contributed by atoms with Crippen LogP contribution in [-0.2, 0) is 16.5 Å². The van der Waals surface area contributed by atoms with Crippen molar-refractivity contribution in [1.82, 2.24) is 9.78 Å². The number of rotatable bonds is 6. The Hall–Kier alpha value is -2.68. The predicted molar refractivity (Wildman–Crippen MR) is 96.9 cm³/mol. The molecule has 140 valence electrons. The van der Waals surface area contributed by atoms with Gasteiger partial charge in [0.1, 0.15) is 10.7 Å². The van der Waals surface area contributed by atoms with E-state index in [0.29, 0.717) is 10.6 Å². The summed E-state index contributed by atoms with van der Waals surface area (Å²) in [5, 5.41) is 7.12. The lowest BCUT2D eigenvalue weighted by Gasteiger charge is -2.07. The quantitative estimate of drug-likeness (QED) is 0.775. The van der Waals surface area contributed by atoms with Crippen LogP contribution in [0, 0.1) is 13.8 Å². The van der Waals surface area contributed by atoms with Crippen LogP contribution < -0.4 is 5.32 Å². The van der Waals surface area contributed by atoms with Gasteiger partial charge in [-0.3, -0.25) is 9.48 Å². The molecule has 1 amide bonds. The molecule has 0 unspecified atom stereocenters. The van der Waals surface area contributed by atoms with Crippen molar-refractivity contribution in [2.75, 3.05) is 18.5 Å². The van der Waals surface area contributed by atoms with Crippen molar-refractivity contribution in [3.8, 4) is 0 Å². The highest BCUT2D eigenvalue weighted by molar-refractivity contribution is 7.16. The van der Waals surface area contributed by atoms with Gasteiger partial charge in [0.25, 0.3) is 5.91 Å². The van der Waals surface area contributed by atoms with E-state index in [1.807, 2.05) is 6.92 Å². The molecule has 1 N–H and O–H groups in total. The number of hydrogen-bond donors (Lipinski definition) is 1. The molecule has 0 aromatic carbocycles. The van der Waals surface area contributed by atoms with E-state index >= 15 is 0 Å². The van der Waals surface area contributed by atoms with E-state index in [0.717, 1.165) is 10.4 Å². The summed E-state index contributed by atoms with van der Waals surface area (Å²) in [6.07, 6.45) is 0. The molecule has 26 heavy (non-hydrogen) atoms. The SMILES string of the molecule is CCOC(=O)c1cc(C(=O)Nc2sc(C)c(C)c2C(=O)OCC)n(C)n1. The lowest BCUT2D eigenvalue weighted by Crippen LogP contribution is -2.17. The molecule has 0 radical (unpaired) electrons. The Balaban J connectivity index is 2.30. The number of aryl methyl sites for hydroxylation is 2. The Morgan fingerprint density at radius 1 is 1.15 bits per heavy atom. The highest BCUT2D eigenvalue weighted by atomic mass is 32.1. The summed E-state index contributed by atoms with van der Waals surface area (Å²) in [7, 11) is 1.55. The van der Waals surface area contributed by atoms with Crippen molar-refractivity contribution in [3.05, 3.63) is 33.5 Å². The summed E-state index contributed by atoms with van der Waals surface area (Å²) < 4.78 is 11.2. The van der Waals surface area contributed by atoms with Crippen molar-refractivity contribution in [2.45, 2.75) is 27.7 Å². The first-order valence-corrected chi connectivity index (χ1v) is 8.91. The molecular weight excluding hydrogens is 358 g/mol. The number of carbonyl (C=O) groups is 3. The summed E-state index contributed by atoms with van der Waals surface area (Å²) in [6, 6.07) is 1.35. The topological polar surface area (TPSA) is 99.5 Å². The zero-order valence-electron chi connectivity index (χ0n) is 15.3. The maximum atomic E-state index is 12.6. The molecular formula is C17H21N3O5S. The summed E-state index contributed by atoms with van der Waals surface area (Å²) >= 11 is 1.29. The number of nitrogens with zero attached hydrogens (tertiary/aromatic N) is 2. The maximum Gasteiger partial charge on any atom is 0.358 e. The minimum Gasteiger partial charge on any atom is -0.462 e. The van der Waals surface area contributed by atoms with E-state index in [2.05, 4.69) is 10.4 Å². The van der Waals surface area contributed by atoms with Crippen LogP contribution in [-0.4, -0.2) is 40.8 Å². The second kappa shape index (κ2) is 8.13. The number of ether oxygens (including phenoxy) is 2. The van der Waals surface area contributed by atoms with Gasteiger partial charge in [0, 0.05) is 18.0 Å². The number of carbonyl (C=O) groups excluding carboxylic acids is 3. The molecule has 0 spiro atoms. The van der Waals surface area contributed by atoms with Gasteiger partial charge < -0.3 is 14.8 Å². The van der Waals surface area contributed by atoms with Gasteiger partial charge in [0.2, 0.25) is 0 Å². The third-order valence-electron chi connectivity index (χ3n) is 3.69. The predicted octanol–water partition coefficient (Wildman–Crippen LogP) is 2.70. The first-order valence-electron chi connectivity index (χ1n) is 8.09. The zero-order chi connectivity index (χ0) is 19.4. The van der Waals surface area contributed by atoms with Crippen LogP contribution in [0.25, 0.3) is 0 Å². The normalized spacial score (nSPS) is 10.5. The van der Waals surface area contributed by atoms with Crippen LogP contribution in [0.3, 0.4) is 0 Å². The van der Waals surface area contributed by atoms with Crippen LogP contribution in [0.4, 0.5) is 5.00 Å². The van der Waals surface area contributed by atoms with Crippen LogP contribution in [0.15, 0.2) is 6.07 Å². The average molecular weight is 379 g/mol. The first kappa shape index (κ1) is 19.6. The van der Waals surface area contributed by atoms with Gasteiger partial charge in [-0.05, 0) is 33.3 Å². The number of anilines is 1. The Labute approximate surface area is 155 Å². The summed E-state index contributed by atoms with van der Waals surface area (Å²) in [4.78, 5) is 37.5. The van der Waals surface area contributed by atoms with Crippen molar-refractivity contribution >= 4 is 34.2 Å². The van der Waals surface area contributed by atoms with Gasteiger partial charge in [-0.15, -0.1) is 11.3 Å². The summed E-state index contributed by atoms with van der Waals surface area (Å²) in [5.74, 6) is -1.57. The van der Waals surface area contributed by atoms with E-state index in [4.69, 9.17) is 9.47 Å². The molecule has 2 aromatic heterocycles. The fourth-order valence-corrected chi connectivity index (χ4v) is 3.36. The van der Waals surface area contributed by atoms with Gasteiger partial charge in [-0.25, -0.2) is 9.59 Å². The Morgan fingerprint density at radius 2 is 1.77 bits per heavy atom. The van der Waals surface area contributed by atoms with E-state index in [1.165, 1.54) is 22.1 Å². The van der Waals surface area contributed by atoms with Crippen LogP contribution >= 0.6 is 11.3 Å². The smallest absolute Gasteiger partial charge is 0.358 e. The fourth-order valence-electron chi connectivity index (χ4n) is 2.32. The van der Waals surface area contributed by atoms with Crippen LogP contribution in [0.5, 0.6) is 0 Å². The lowest BCUT2D eigenvalue weighted by molar-refractivity contribution is 0.0512. The number of aromatic nitrogens is 2. The van der Waals surface area contributed by atoms with Gasteiger partial charge >= 0.3 is 11.9 Å². The van der Waals surface area contributed by atoms with E-state index < -0.39 is 17.8 Å². The van der Waals surface area contributed by atoms with Gasteiger partial charge in [-0.2, -0.15) is 5.10 Å². The Kier molecular flexibility index (Phi) is 6.14. The Bertz CT molecular complexity index is 853. The molecule has 0 saturated carbocycles. The molecule has 0 bridgehead atoms. The molecule has 2 heterocycles. The van der Waals surface area contributed by atoms with Gasteiger partial charge in [-0.1, -0.05) is 0 Å². The number of thiophene rings is 1. The number of esters is 2. The van der Waals surface area contributed by atoms with Crippen molar-refractivity contribution in [1.29, 1.82) is 0 Å². The molecule has 0 fully saturated rings. The van der Waals surface area contributed by atoms with E-state index in [9.17, 15) is 14.4 Å². The van der Waals surface area contributed by atoms with Crippen LogP contribution in [0.2, 0.25) is 0 Å². The monoisotopic (exact) mass is 379 g/mol.